The van der Waals surface area contributed by atoms with Crippen molar-refractivity contribution in [3.8, 4) is 11.5 Å². The van der Waals surface area contributed by atoms with Crippen LogP contribution in [0.4, 0.5) is 0 Å². The van der Waals surface area contributed by atoms with Gasteiger partial charge in [0.2, 0.25) is 0 Å². The van der Waals surface area contributed by atoms with Gasteiger partial charge in [-0.1, -0.05) is 24.3 Å². The first-order valence-electron chi connectivity index (χ1n) is 8.34. The Bertz CT molecular complexity index is 654. The number of hydrogen-bond acceptors (Lipinski definition) is 5. The van der Waals surface area contributed by atoms with E-state index in [-0.39, 0.29) is 5.97 Å². The molecule has 2 aromatic carbocycles. The Morgan fingerprint density at radius 1 is 1.00 bits per heavy atom. The Balaban J connectivity index is 2.10. The summed E-state index contributed by atoms with van der Waals surface area (Å²) in [7, 11) is 1.65. The van der Waals surface area contributed by atoms with Gasteiger partial charge in [-0.25, -0.2) is 4.79 Å². The minimum Gasteiger partial charge on any atom is -0.493 e. The number of methoxy groups -OCH3 is 1. The van der Waals surface area contributed by atoms with Crippen LogP contribution in [-0.2, 0) is 16.1 Å². The van der Waals surface area contributed by atoms with Crippen LogP contribution < -0.4 is 9.47 Å². The molecule has 5 heteroatoms. The van der Waals surface area contributed by atoms with Crippen molar-refractivity contribution in [1.82, 2.24) is 0 Å². The van der Waals surface area contributed by atoms with E-state index in [2.05, 4.69) is 0 Å². The highest BCUT2D eigenvalue weighted by Gasteiger charge is 2.12. The summed E-state index contributed by atoms with van der Waals surface area (Å²) in [6.07, 6.45) is 0.763. The second-order valence-corrected chi connectivity index (χ2v) is 5.34. The van der Waals surface area contributed by atoms with Gasteiger partial charge >= 0.3 is 5.97 Å². The molecule has 0 unspecified atom stereocenters. The standard InChI is InChI=1S/C20H24O5/c1-3-23-20(21)16-10-11-17(15-25-18-8-5-4-6-9-18)19(14-16)24-13-7-12-22-2/h4-6,8-11,14H,3,7,12-13,15H2,1-2H3. The summed E-state index contributed by atoms with van der Waals surface area (Å²) in [6, 6.07) is 14.8. The highest BCUT2D eigenvalue weighted by atomic mass is 16.5. The zero-order chi connectivity index (χ0) is 17.9. The van der Waals surface area contributed by atoms with Crippen molar-refractivity contribution in [3.63, 3.8) is 0 Å². The Morgan fingerprint density at radius 2 is 1.80 bits per heavy atom. The van der Waals surface area contributed by atoms with Crippen LogP contribution in [0.2, 0.25) is 0 Å². The summed E-state index contributed by atoms with van der Waals surface area (Å²) in [6.45, 7) is 3.59. The summed E-state index contributed by atoms with van der Waals surface area (Å²) in [5.41, 5.74) is 1.33. The predicted octanol–water partition coefficient (Wildman–Crippen LogP) is 3.86. The van der Waals surface area contributed by atoms with E-state index in [1.165, 1.54) is 0 Å². The molecule has 0 N–H and O–H groups in total. The second-order valence-electron chi connectivity index (χ2n) is 5.34. The number of rotatable bonds is 10. The molecule has 0 aliphatic heterocycles. The lowest BCUT2D eigenvalue weighted by molar-refractivity contribution is 0.0525. The molecule has 0 radical (unpaired) electrons. The number of carbonyl (C=O) groups excluding carboxylic acids is 1. The van der Waals surface area contributed by atoms with E-state index in [1.807, 2.05) is 36.4 Å². The Hall–Kier alpha value is -2.53. The van der Waals surface area contributed by atoms with Gasteiger partial charge in [-0.05, 0) is 31.2 Å². The molecule has 0 aliphatic rings. The number of hydrogen-bond donors (Lipinski definition) is 0. The molecule has 0 heterocycles. The van der Waals surface area contributed by atoms with Crippen LogP contribution in [0.3, 0.4) is 0 Å². The van der Waals surface area contributed by atoms with E-state index in [0.29, 0.717) is 37.7 Å². The zero-order valence-electron chi connectivity index (χ0n) is 14.7. The van der Waals surface area contributed by atoms with Crippen LogP contribution in [0.1, 0.15) is 29.3 Å². The number of ether oxygens (including phenoxy) is 4. The third-order valence-electron chi connectivity index (χ3n) is 3.47. The monoisotopic (exact) mass is 344 g/mol. The Morgan fingerprint density at radius 3 is 2.52 bits per heavy atom. The fraction of sp³-hybridized carbons (Fsp3) is 0.350. The molecule has 0 spiro atoms. The van der Waals surface area contributed by atoms with Gasteiger partial charge in [0.25, 0.3) is 0 Å². The van der Waals surface area contributed by atoms with E-state index in [4.69, 9.17) is 18.9 Å². The number of carbonyl (C=O) groups is 1. The smallest absolute Gasteiger partial charge is 0.338 e. The van der Waals surface area contributed by atoms with Gasteiger partial charge in [0.15, 0.2) is 0 Å². The summed E-state index contributed by atoms with van der Waals surface area (Å²) < 4.78 is 21.7. The normalized spacial score (nSPS) is 10.3. The Kier molecular flexibility index (Phi) is 7.79. The molecule has 0 atom stereocenters. The van der Waals surface area contributed by atoms with Crippen molar-refractivity contribution in [3.05, 3.63) is 59.7 Å². The maximum Gasteiger partial charge on any atom is 0.338 e. The maximum atomic E-state index is 11.9. The van der Waals surface area contributed by atoms with E-state index in [1.54, 1.807) is 26.2 Å². The van der Waals surface area contributed by atoms with Crippen LogP contribution in [0.5, 0.6) is 11.5 Å². The Labute approximate surface area is 148 Å². The predicted molar refractivity (Wildman–Crippen MR) is 95.2 cm³/mol. The molecule has 0 aromatic heterocycles. The minimum absolute atomic E-state index is 0.335. The first kappa shape index (κ1) is 18.8. The maximum absolute atomic E-state index is 11.9. The summed E-state index contributed by atoms with van der Waals surface area (Å²) in [5, 5.41) is 0. The van der Waals surface area contributed by atoms with Gasteiger partial charge in [-0.3, -0.25) is 0 Å². The van der Waals surface area contributed by atoms with E-state index in [0.717, 1.165) is 17.7 Å². The van der Waals surface area contributed by atoms with Crippen LogP contribution in [0, 0.1) is 0 Å². The van der Waals surface area contributed by atoms with Crippen LogP contribution in [-0.4, -0.2) is 32.9 Å². The van der Waals surface area contributed by atoms with Crippen molar-refractivity contribution in [2.45, 2.75) is 20.0 Å². The number of para-hydroxylation sites is 1. The number of benzene rings is 2. The molecule has 5 nitrogen and oxygen atoms in total. The molecule has 0 bridgehead atoms. The lowest BCUT2D eigenvalue weighted by atomic mass is 10.1. The van der Waals surface area contributed by atoms with Gasteiger partial charge < -0.3 is 18.9 Å². The third kappa shape index (κ3) is 6.12. The summed E-state index contributed by atoms with van der Waals surface area (Å²) in [5.74, 6) is 1.04. The summed E-state index contributed by atoms with van der Waals surface area (Å²) >= 11 is 0. The summed E-state index contributed by atoms with van der Waals surface area (Å²) in [4.78, 5) is 11.9. The first-order chi connectivity index (χ1) is 12.2. The molecular weight excluding hydrogens is 320 g/mol. The largest absolute Gasteiger partial charge is 0.493 e. The van der Waals surface area contributed by atoms with Crippen molar-refractivity contribution < 1.29 is 23.7 Å². The molecule has 0 fully saturated rings. The second kappa shape index (κ2) is 10.4. The number of esters is 1. The van der Waals surface area contributed by atoms with E-state index >= 15 is 0 Å². The molecule has 2 aromatic rings. The van der Waals surface area contributed by atoms with Gasteiger partial charge in [0.05, 0.1) is 18.8 Å². The van der Waals surface area contributed by atoms with Gasteiger partial charge in [-0.2, -0.15) is 0 Å². The molecule has 0 amide bonds. The molecule has 134 valence electrons. The highest BCUT2D eigenvalue weighted by molar-refractivity contribution is 5.90. The molecule has 0 aliphatic carbocycles. The fourth-order valence-corrected chi connectivity index (χ4v) is 2.21. The average molecular weight is 344 g/mol. The van der Waals surface area contributed by atoms with Crippen LogP contribution >= 0.6 is 0 Å². The molecule has 25 heavy (non-hydrogen) atoms. The molecule has 0 saturated carbocycles. The van der Waals surface area contributed by atoms with Crippen molar-refractivity contribution >= 4 is 5.97 Å². The minimum atomic E-state index is -0.361. The molecular formula is C20H24O5. The van der Waals surface area contributed by atoms with Gasteiger partial charge in [0.1, 0.15) is 18.1 Å². The van der Waals surface area contributed by atoms with Crippen molar-refractivity contribution in [1.29, 1.82) is 0 Å². The molecule has 2 rings (SSSR count). The van der Waals surface area contributed by atoms with Crippen LogP contribution in [0.25, 0.3) is 0 Å². The zero-order valence-corrected chi connectivity index (χ0v) is 14.7. The van der Waals surface area contributed by atoms with Crippen LogP contribution in [0.15, 0.2) is 48.5 Å². The molecule has 0 saturated heterocycles. The lowest BCUT2D eigenvalue weighted by Crippen LogP contribution is -2.09. The van der Waals surface area contributed by atoms with Gasteiger partial charge in [-0.15, -0.1) is 0 Å². The SMILES string of the molecule is CCOC(=O)c1ccc(COc2ccccc2)c(OCCCOC)c1. The van der Waals surface area contributed by atoms with Crippen molar-refractivity contribution in [2.24, 2.45) is 0 Å². The van der Waals surface area contributed by atoms with E-state index in [9.17, 15) is 4.79 Å². The van der Waals surface area contributed by atoms with Gasteiger partial charge in [0, 0.05) is 25.7 Å². The fourth-order valence-electron chi connectivity index (χ4n) is 2.21. The highest BCUT2D eigenvalue weighted by Crippen LogP contribution is 2.23. The average Bonchev–Trinajstić information content (AvgIpc) is 2.65. The van der Waals surface area contributed by atoms with Crippen molar-refractivity contribution in [2.75, 3.05) is 26.9 Å². The first-order valence-corrected chi connectivity index (χ1v) is 8.34. The van der Waals surface area contributed by atoms with E-state index < -0.39 is 0 Å². The topological polar surface area (TPSA) is 54.0 Å². The quantitative estimate of drug-likeness (QED) is 0.484. The third-order valence-corrected chi connectivity index (χ3v) is 3.47. The lowest BCUT2D eigenvalue weighted by Gasteiger charge is -2.14.